The fourth-order valence-electron chi connectivity index (χ4n) is 2.64. The van der Waals surface area contributed by atoms with Gasteiger partial charge in [0.2, 0.25) is 0 Å². The van der Waals surface area contributed by atoms with Crippen LogP contribution in [-0.2, 0) is 17.6 Å². The predicted octanol–water partition coefficient (Wildman–Crippen LogP) is 3.68. The van der Waals surface area contributed by atoms with E-state index in [-0.39, 0.29) is 0 Å². The zero-order valence-electron chi connectivity index (χ0n) is 13.7. The van der Waals surface area contributed by atoms with Crippen LogP contribution in [0, 0.1) is 0 Å². The first-order valence-electron chi connectivity index (χ1n) is 7.61. The lowest BCUT2D eigenvalue weighted by atomic mass is 9.90. The van der Waals surface area contributed by atoms with Gasteiger partial charge in [-0.05, 0) is 47.7 Å². The molecule has 0 bridgehead atoms. The van der Waals surface area contributed by atoms with E-state index in [9.17, 15) is 9.90 Å². The maximum Gasteiger partial charge on any atom is 0.311 e. The summed E-state index contributed by atoms with van der Waals surface area (Å²) >= 11 is 0. The molecular formula is C19H22O4. The first-order valence-corrected chi connectivity index (χ1v) is 7.61. The molecule has 4 heteroatoms. The molecule has 0 radical (unpaired) electrons. The Labute approximate surface area is 136 Å². The van der Waals surface area contributed by atoms with Gasteiger partial charge in [-0.3, -0.25) is 4.79 Å². The normalized spacial score (nSPS) is 11.8. The summed E-state index contributed by atoms with van der Waals surface area (Å²) in [5.41, 5.74) is 2.79. The monoisotopic (exact) mass is 314 g/mol. The van der Waals surface area contributed by atoms with Crippen molar-refractivity contribution in [2.75, 3.05) is 14.2 Å². The van der Waals surface area contributed by atoms with E-state index in [1.165, 1.54) is 0 Å². The molecule has 1 unspecified atom stereocenters. The molecule has 0 heterocycles. The number of aryl methyl sites for hydroxylation is 1. The number of hydrogen-bond donors (Lipinski definition) is 1. The molecule has 4 nitrogen and oxygen atoms in total. The SMILES string of the molecule is CCc1ccc(OC)c(CC(C(=O)O)c2cccc(OC)c2)c1. The Morgan fingerprint density at radius 1 is 1.13 bits per heavy atom. The van der Waals surface area contributed by atoms with Crippen molar-refractivity contribution >= 4 is 5.97 Å². The highest BCUT2D eigenvalue weighted by Crippen LogP contribution is 2.29. The number of rotatable bonds is 7. The van der Waals surface area contributed by atoms with Gasteiger partial charge in [-0.1, -0.05) is 31.2 Å². The number of carbonyl (C=O) groups is 1. The van der Waals surface area contributed by atoms with E-state index in [0.29, 0.717) is 12.2 Å². The maximum atomic E-state index is 11.8. The van der Waals surface area contributed by atoms with Crippen molar-refractivity contribution in [3.8, 4) is 11.5 Å². The van der Waals surface area contributed by atoms with Crippen molar-refractivity contribution in [3.63, 3.8) is 0 Å². The average molecular weight is 314 g/mol. The van der Waals surface area contributed by atoms with Crippen LogP contribution in [0.4, 0.5) is 0 Å². The molecule has 1 N–H and O–H groups in total. The number of benzene rings is 2. The van der Waals surface area contributed by atoms with Crippen LogP contribution in [0.2, 0.25) is 0 Å². The average Bonchev–Trinajstić information content (AvgIpc) is 2.59. The summed E-state index contributed by atoms with van der Waals surface area (Å²) in [6.07, 6.45) is 1.27. The minimum Gasteiger partial charge on any atom is -0.497 e. The van der Waals surface area contributed by atoms with Gasteiger partial charge in [0, 0.05) is 0 Å². The van der Waals surface area contributed by atoms with Gasteiger partial charge in [0.15, 0.2) is 0 Å². The summed E-state index contributed by atoms with van der Waals surface area (Å²) in [6.45, 7) is 2.07. The number of methoxy groups -OCH3 is 2. The van der Waals surface area contributed by atoms with E-state index in [0.717, 1.165) is 28.9 Å². The van der Waals surface area contributed by atoms with Gasteiger partial charge in [-0.25, -0.2) is 0 Å². The van der Waals surface area contributed by atoms with Crippen LogP contribution < -0.4 is 9.47 Å². The van der Waals surface area contributed by atoms with Gasteiger partial charge < -0.3 is 14.6 Å². The number of ether oxygens (including phenoxy) is 2. The largest absolute Gasteiger partial charge is 0.497 e. The van der Waals surface area contributed by atoms with Crippen LogP contribution in [0.3, 0.4) is 0 Å². The molecule has 0 amide bonds. The third kappa shape index (κ3) is 4.03. The van der Waals surface area contributed by atoms with E-state index in [2.05, 4.69) is 6.92 Å². The third-order valence-electron chi connectivity index (χ3n) is 3.97. The fourth-order valence-corrected chi connectivity index (χ4v) is 2.64. The molecule has 0 fully saturated rings. The number of carboxylic acids is 1. The summed E-state index contributed by atoms with van der Waals surface area (Å²) in [5, 5.41) is 9.66. The van der Waals surface area contributed by atoms with Gasteiger partial charge in [0.25, 0.3) is 0 Å². The first-order chi connectivity index (χ1) is 11.1. The summed E-state index contributed by atoms with van der Waals surface area (Å²) in [7, 11) is 3.18. The Bertz CT molecular complexity index is 679. The molecule has 0 aliphatic rings. The van der Waals surface area contributed by atoms with E-state index in [1.807, 2.05) is 30.3 Å². The third-order valence-corrected chi connectivity index (χ3v) is 3.97. The van der Waals surface area contributed by atoms with Crippen molar-refractivity contribution in [2.45, 2.75) is 25.7 Å². The first kappa shape index (κ1) is 16.9. The smallest absolute Gasteiger partial charge is 0.311 e. The van der Waals surface area contributed by atoms with E-state index in [1.54, 1.807) is 26.4 Å². The molecule has 0 aliphatic carbocycles. The Morgan fingerprint density at radius 2 is 1.91 bits per heavy atom. The molecule has 2 rings (SSSR count). The summed E-state index contributed by atoms with van der Waals surface area (Å²) in [5.74, 6) is -0.132. The lowest BCUT2D eigenvalue weighted by Gasteiger charge is -2.16. The quantitative estimate of drug-likeness (QED) is 0.847. The van der Waals surface area contributed by atoms with Crippen LogP contribution in [0.15, 0.2) is 42.5 Å². The summed E-state index contributed by atoms with van der Waals surface area (Å²) < 4.78 is 10.6. The highest BCUT2D eigenvalue weighted by Gasteiger charge is 2.22. The minimum absolute atomic E-state index is 0.375. The van der Waals surface area contributed by atoms with Crippen LogP contribution in [0.25, 0.3) is 0 Å². The second-order valence-electron chi connectivity index (χ2n) is 5.37. The van der Waals surface area contributed by atoms with Crippen molar-refractivity contribution in [1.29, 1.82) is 0 Å². The Hall–Kier alpha value is -2.49. The number of carboxylic acid groups (broad SMARTS) is 1. The van der Waals surface area contributed by atoms with Crippen LogP contribution >= 0.6 is 0 Å². The molecule has 2 aromatic rings. The molecule has 2 aromatic carbocycles. The molecule has 0 spiro atoms. The molecule has 0 saturated heterocycles. The molecular weight excluding hydrogens is 292 g/mol. The zero-order valence-corrected chi connectivity index (χ0v) is 13.7. The Kier molecular flexibility index (Phi) is 5.63. The molecule has 0 saturated carbocycles. The van der Waals surface area contributed by atoms with Gasteiger partial charge in [0.1, 0.15) is 11.5 Å². The van der Waals surface area contributed by atoms with Crippen molar-refractivity contribution < 1.29 is 19.4 Å². The lowest BCUT2D eigenvalue weighted by Crippen LogP contribution is -2.15. The summed E-state index contributed by atoms with van der Waals surface area (Å²) in [6, 6.07) is 13.1. The van der Waals surface area contributed by atoms with Crippen molar-refractivity contribution in [3.05, 3.63) is 59.2 Å². The zero-order chi connectivity index (χ0) is 16.8. The molecule has 23 heavy (non-hydrogen) atoms. The van der Waals surface area contributed by atoms with Crippen molar-refractivity contribution in [1.82, 2.24) is 0 Å². The van der Waals surface area contributed by atoms with Crippen LogP contribution in [0.1, 0.15) is 29.5 Å². The molecule has 1 atom stereocenters. The summed E-state index contributed by atoms with van der Waals surface area (Å²) in [4.78, 5) is 11.8. The van der Waals surface area contributed by atoms with E-state index in [4.69, 9.17) is 9.47 Å². The minimum atomic E-state index is -0.859. The fraction of sp³-hybridized carbons (Fsp3) is 0.316. The number of aliphatic carboxylic acids is 1. The molecule has 0 aromatic heterocycles. The van der Waals surface area contributed by atoms with E-state index < -0.39 is 11.9 Å². The van der Waals surface area contributed by atoms with Gasteiger partial charge in [0.05, 0.1) is 20.1 Å². The second-order valence-corrected chi connectivity index (χ2v) is 5.37. The number of hydrogen-bond acceptors (Lipinski definition) is 3. The standard InChI is InChI=1S/C19H22O4/c1-4-13-8-9-18(23-3)15(10-13)12-17(19(20)21)14-6-5-7-16(11-14)22-2/h5-11,17H,4,12H2,1-3H3,(H,20,21). The maximum absolute atomic E-state index is 11.8. The van der Waals surface area contributed by atoms with Crippen LogP contribution in [-0.4, -0.2) is 25.3 Å². The van der Waals surface area contributed by atoms with Gasteiger partial charge >= 0.3 is 5.97 Å². The van der Waals surface area contributed by atoms with Gasteiger partial charge in [-0.15, -0.1) is 0 Å². The molecule has 0 aliphatic heterocycles. The highest BCUT2D eigenvalue weighted by molar-refractivity contribution is 5.77. The topological polar surface area (TPSA) is 55.8 Å². The Morgan fingerprint density at radius 3 is 2.52 bits per heavy atom. The second kappa shape index (κ2) is 7.68. The molecule has 122 valence electrons. The Balaban J connectivity index is 2.38. The van der Waals surface area contributed by atoms with E-state index >= 15 is 0 Å². The highest BCUT2D eigenvalue weighted by atomic mass is 16.5. The predicted molar refractivity (Wildman–Crippen MR) is 89.4 cm³/mol. The van der Waals surface area contributed by atoms with Crippen molar-refractivity contribution in [2.24, 2.45) is 0 Å². The van der Waals surface area contributed by atoms with Crippen LogP contribution in [0.5, 0.6) is 11.5 Å². The lowest BCUT2D eigenvalue weighted by molar-refractivity contribution is -0.138. The van der Waals surface area contributed by atoms with Gasteiger partial charge in [-0.2, -0.15) is 0 Å².